The highest BCUT2D eigenvalue weighted by Gasteiger charge is 2.42. The average molecular weight is 623 g/mol. The third kappa shape index (κ3) is 8.52. The zero-order valence-electron chi connectivity index (χ0n) is 26.3. The van der Waals surface area contributed by atoms with Crippen molar-refractivity contribution in [3.8, 4) is 5.75 Å². The molecule has 0 saturated carbocycles. The molecule has 2 aromatic carbocycles. The van der Waals surface area contributed by atoms with Gasteiger partial charge < -0.3 is 24.6 Å². The van der Waals surface area contributed by atoms with Crippen LogP contribution in [0.4, 0.5) is 9.18 Å². The van der Waals surface area contributed by atoms with Crippen LogP contribution in [0.2, 0.25) is 0 Å². The smallest absolute Gasteiger partial charge is 0.411 e. The highest BCUT2D eigenvalue weighted by molar-refractivity contribution is 5.90. The number of carbonyl (C=O) groups is 4. The molecule has 3 aliphatic heterocycles. The summed E-state index contributed by atoms with van der Waals surface area (Å²) in [4.78, 5) is 58.7. The van der Waals surface area contributed by atoms with Crippen LogP contribution in [0.5, 0.6) is 5.75 Å². The standard InChI is InChI=1S/C34H43FN4O6/c1-34(2,3)45-33(43)39-13-12-38(21-23-9-5-4-6-10-23)32(42)29(39)20-27-16-24-15-26(35)19-28(17-24)44-14-8-7-11-37-22-25(18-30(37)40)31(41)36-27/h4-6,9-10,15,17,19,25,27,29H,7-8,11-14,16,18,20-22H2,1-3H3,(H,36,41)/t25?,27-,29-/m0/s1. The van der Waals surface area contributed by atoms with Gasteiger partial charge in [0.25, 0.3) is 0 Å². The number of amides is 4. The lowest BCUT2D eigenvalue weighted by atomic mass is 9.95. The summed E-state index contributed by atoms with van der Waals surface area (Å²) in [6.07, 6.45) is 1.15. The number of rotatable bonds is 4. The Morgan fingerprint density at radius 1 is 1.02 bits per heavy atom. The predicted octanol–water partition coefficient (Wildman–Crippen LogP) is 3.91. The van der Waals surface area contributed by atoms with Crippen LogP contribution in [-0.2, 0) is 32.1 Å². The Bertz CT molecular complexity index is 1400. The van der Waals surface area contributed by atoms with Gasteiger partial charge >= 0.3 is 6.09 Å². The van der Waals surface area contributed by atoms with Crippen molar-refractivity contribution in [1.29, 1.82) is 0 Å². The number of benzene rings is 2. The van der Waals surface area contributed by atoms with Crippen molar-refractivity contribution in [3.05, 3.63) is 65.5 Å². The van der Waals surface area contributed by atoms with Gasteiger partial charge in [-0.2, -0.15) is 0 Å². The van der Waals surface area contributed by atoms with Gasteiger partial charge in [0.2, 0.25) is 17.7 Å². The molecule has 11 heteroatoms. The van der Waals surface area contributed by atoms with Crippen LogP contribution in [0, 0.1) is 11.7 Å². The molecule has 3 heterocycles. The number of carbonyl (C=O) groups excluding carboxylic acids is 4. The molecule has 3 atom stereocenters. The molecule has 1 N–H and O–H groups in total. The predicted molar refractivity (Wildman–Crippen MR) is 165 cm³/mol. The first-order valence-electron chi connectivity index (χ1n) is 15.8. The summed E-state index contributed by atoms with van der Waals surface area (Å²) in [5, 5.41) is 3.07. The number of hydrogen-bond acceptors (Lipinski definition) is 6. The van der Waals surface area contributed by atoms with E-state index < -0.39 is 35.5 Å². The van der Waals surface area contributed by atoms with Gasteiger partial charge in [-0.05, 0) is 69.7 Å². The quantitative estimate of drug-likeness (QED) is 0.554. The van der Waals surface area contributed by atoms with Crippen molar-refractivity contribution < 1.29 is 33.0 Å². The van der Waals surface area contributed by atoms with Crippen molar-refractivity contribution in [2.24, 2.45) is 5.92 Å². The van der Waals surface area contributed by atoms with Gasteiger partial charge in [0.15, 0.2) is 0 Å². The van der Waals surface area contributed by atoms with Gasteiger partial charge in [0.05, 0.1) is 12.5 Å². The zero-order chi connectivity index (χ0) is 32.1. The summed E-state index contributed by atoms with van der Waals surface area (Å²) in [6, 6.07) is 12.5. The van der Waals surface area contributed by atoms with Crippen LogP contribution < -0.4 is 10.1 Å². The molecule has 4 bridgehead atoms. The van der Waals surface area contributed by atoms with Crippen molar-refractivity contribution in [1.82, 2.24) is 20.0 Å². The van der Waals surface area contributed by atoms with Gasteiger partial charge in [-0.25, -0.2) is 9.18 Å². The third-order valence-corrected chi connectivity index (χ3v) is 8.37. The summed E-state index contributed by atoms with van der Waals surface area (Å²) in [5.74, 6) is -1.25. The largest absolute Gasteiger partial charge is 0.493 e. The molecule has 2 saturated heterocycles. The number of halogens is 1. The summed E-state index contributed by atoms with van der Waals surface area (Å²) in [6.45, 7) is 7.46. The van der Waals surface area contributed by atoms with E-state index in [1.807, 2.05) is 30.3 Å². The highest BCUT2D eigenvalue weighted by Crippen LogP contribution is 2.26. The molecular weight excluding hydrogens is 579 g/mol. The lowest BCUT2D eigenvalue weighted by Gasteiger charge is -2.42. The van der Waals surface area contributed by atoms with E-state index in [0.717, 1.165) is 5.56 Å². The topological polar surface area (TPSA) is 108 Å². The fourth-order valence-electron chi connectivity index (χ4n) is 6.21. The van der Waals surface area contributed by atoms with Gasteiger partial charge in [-0.3, -0.25) is 19.3 Å². The Hall–Kier alpha value is -4.15. The van der Waals surface area contributed by atoms with E-state index in [1.54, 1.807) is 36.6 Å². The molecular formula is C34H43FN4O6. The molecule has 1 unspecified atom stereocenters. The van der Waals surface area contributed by atoms with E-state index in [4.69, 9.17) is 9.47 Å². The monoisotopic (exact) mass is 622 g/mol. The van der Waals surface area contributed by atoms with E-state index in [0.29, 0.717) is 56.9 Å². The number of piperazine rings is 1. The molecule has 2 fully saturated rings. The maximum atomic E-state index is 14.7. The lowest BCUT2D eigenvalue weighted by Crippen LogP contribution is -2.60. The van der Waals surface area contributed by atoms with Crippen molar-refractivity contribution >= 4 is 23.8 Å². The second-order valence-corrected chi connectivity index (χ2v) is 13.2. The van der Waals surface area contributed by atoms with Crippen molar-refractivity contribution in [3.63, 3.8) is 0 Å². The molecule has 3 aliphatic rings. The van der Waals surface area contributed by atoms with Crippen LogP contribution in [0.3, 0.4) is 0 Å². The molecule has 0 radical (unpaired) electrons. The summed E-state index contributed by atoms with van der Waals surface area (Å²) in [7, 11) is 0. The van der Waals surface area contributed by atoms with Crippen LogP contribution in [0.15, 0.2) is 48.5 Å². The maximum absolute atomic E-state index is 14.7. The van der Waals surface area contributed by atoms with E-state index in [9.17, 15) is 23.6 Å². The zero-order valence-corrected chi connectivity index (χ0v) is 26.3. The summed E-state index contributed by atoms with van der Waals surface area (Å²) < 4.78 is 26.2. The first-order chi connectivity index (χ1) is 21.4. The maximum Gasteiger partial charge on any atom is 0.411 e. The molecule has 0 spiro atoms. The summed E-state index contributed by atoms with van der Waals surface area (Å²) in [5.41, 5.74) is 0.768. The molecule has 4 amide bonds. The molecule has 10 nitrogen and oxygen atoms in total. The Kier molecular flexibility index (Phi) is 9.94. The Balaban J connectivity index is 1.45. The molecule has 0 aromatic heterocycles. The van der Waals surface area contributed by atoms with Crippen LogP contribution in [0.25, 0.3) is 0 Å². The minimum absolute atomic E-state index is 0.0675. The third-order valence-electron chi connectivity index (χ3n) is 8.37. The molecule has 2 aromatic rings. The Morgan fingerprint density at radius 3 is 2.56 bits per heavy atom. The van der Waals surface area contributed by atoms with Gasteiger partial charge in [0.1, 0.15) is 23.2 Å². The Morgan fingerprint density at radius 2 is 1.80 bits per heavy atom. The second-order valence-electron chi connectivity index (χ2n) is 13.2. The highest BCUT2D eigenvalue weighted by atomic mass is 19.1. The normalized spacial score (nSPS) is 23.2. The number of nitrogens with zero attached hydrogens (tertiary/aromatic N) is 3. The SMILES string of the molecule is CC(C)(C)OC(=O)N1CCN(Cc2ccccc2)C(=O)[C@@H]1C[C@@H]1Cc2cc(F)cc(c2)OCCCCN2CC(CC2=O)C(=O)N1. The van der Waals surface area contributed by atoms with E-state index in [1.165, 1.54) is 17.0 Å². The fourth-order valence-corrected chi connectivity index (χ4v) is 6.21. The lowest BCUT2D eigenvalue weighted by molar-refractivity contribution is -0.143. The first kappa shape index (κ1) is 32.2. The molecule has 5 rings (SSSR count). The number of hydrogen-bond donors (Lipinski definition) is 1. The van der Waals surface area contributed by atoms with Crippen molar-refractivity contribution in [2.75, 3.05) is 32.8 Å². The van der Waals surface area contributed by atoms with Crippen molar-refractivity contribution in [2.45, 2.75) is 77.1 Å². The van der Waals surface area contributed by atoms with Crippen LogP contribution in [0.1, 0.15) is 57.6 Å². The second kappa shape index (κ2) is 13.9. The van der Waals surface area contributed by atoms with E-state index in [-0.39, 0.29) is 43.5 Å². The Labute approximate surface area is 263 Å². The van der Waals surface area contributed by atoms with Crippen LogP contribution >= 0.6 is 0 Å². The average Bonchev–Trinajstić information content (AvgIpc) is 3.34. The van der Waals surface area contributed by atoms with Gasteiger partial charge in [-0.1, -0.05) is 30.3 Å². The van der Waals surface area contributed by atoms with Crippen LogP contribution in [-0.4, -0.2) is 89.0 Å². The number of ether oxygens (including phenoxy) is 2. The minimum Gasteiger partial charge on any atom is -0.493 e. The fraction of sp³-hybridized carbons (Fsp3) is 0.529. The first-order valence-corrected chi connectivity index (χ1v) is 15.8. The molecule has 0 aliphatic carbocycles. The number of nitrogens with one attached hydrogen (secondary N) is 1. The minimum atomic E-state index is -0.935. The van der Waals surface area contributed by atoms with E-state index in [2.05, 4.69) is 5.32 Å². The summed E-state index contributed by atoms with van der Waals surface area (Å²) >= 11 is 0. The number of fused-ring (bicyclic) bond motifs is 4. The van der Waals surface area contributed by atoms with Gasteiger partial charge in [0, 0.05) is 51.3 Å². The van der Waals surface area contributed by atoms with Gasteiger partial charge in [-0.15, -0.1) is 0 Å². The molecule has 45 heavy (non-hydrogen) atoms. The van der Waals surface area contributed by atoms with E-state index >= 15 is 0 Å². The molecule has 242 valence electrons.